The summed E-state index contributed by atoms with van der Waals surface area (Å²) in [6, 6.07) is 9.73. The number of amides is 1. The molecule has 2 aromatic rings. The molecular formula is C20H27N3O2. The Balaban J connectivity index is 1.71. The third-order valence-electron chi connectivity index (χ3n) is 5.02. The Labute approximate surface area is 149 Å². The van der Waals surface area contributed by atoms with E-state index in [2.05, 4.69) is 5.10 Å². The van der Waals surface area contributed by atoms with Crippen LogP contribution >= 0.6 is 0 Å². The normalized spacial score (nSPS) is 16.2. The van der Waals surface area contributed by atoms with Crippen molar-refractivity contribution in [2.24, 2.45) is 0 Å². The predicted molar refractivity (Wildman–Crippen MR) is 97.6 cm³/mol. The van der Waals surface area contributed by atoms with Gasteiger partial charge in [-0.1, -0.05) is 25.0 Å². The van der Waals surface area contributed by atoms with E-state index in [0.29, 0.717) is 18.7 Å². The van der Waals surface area contributed by atoms with Gasteiger partial charge in [0.1, 0.15) is 0 Å². The van der Waals surface area contributed by atoms with Crippen LogP contribution in [-0.4, -0.2) is 44.9 Å². The summed E-state index contributed by atoms with van der Waals surface area (Å²) in [5.74, 6) is -0.0458. The number of rotatable bonds is 5. The minimum Gasteiger partial charge on any atom is -0.388 e. The zero-order valence-corrected chi connectivity index (χ0v) is 15.3. The lowest BCUT2D eigenvalue weighted by Gasteiger charge is -2.28. The molecule has 1 amide bonds. The molecule has 0 saturated heterocycles. The lowest BCUT2D eigenvalue weighted by molar-refractivity contribution is 0.0157. The van der Waals surface area contributed by atoms with Crippen LogP contribution in [0.5, 0.6) is 0 Å². The lowest BCUT2D eigenvalue weighted by Crippen LogP contribution is -2.42. The lowest BCUT2D eigenvalue weighted by atomic mass is 10.0. The molecule has 1 N–H and O–H groups in total. The molecule has 5 heteroatoms. The molecule has 0 aliphatic heterocycles. The Morgan fingerprint density at radius 3 is 2.64 bits per heavy atom. The Hall–Kier alpha value is -2.14. The number of hydrogen-bond acceptors (Lipinski definition) is 3. The maximum Gasteiger partial charge on any atom is 0.253 e. The summed E-state index contributed by atoms with van der Waals surface area (Å²) in [5, 5.41) is 15.0. The van der Waals surface area contributed by atoms with Crippen LogP contribution < -0.4 is 0 Å². The summed E-state index contributed by atoms with van der Waals surface area (Å²) in [7, 11) is 1.77. The van der Waals surface area contributed by atoms with Crippen LogP contribution in [-0.2, 0) is 6.54 Å². The molecular weight excluding hydrogens is 314 g/mol. The first-order valence-electron chi connectivity index (χ1n) is 8.94. The van der Waals surface area contributed by atoms with Gasteiger partial charge < -0.3 is 10.0 Å². The van der Waals surface area contributed by atoms with Crippen molar-refractivity contribution in [1.29, 1.82) is 0 Å². The van der Waals surface area contributed by atoms with Gasteiger partial charge in [0, 0.05) is 24.8 Å². The van der Waals surface area contributed by atoms with Gasteiger partial charge >= 0.3 is 0 Å². The van der Waals surface area contributed by atoms with Crippen LogP contribution in [0.4, 0.5) is 0 Å². The average Bonchev–Trinajstić information content (AvgIpc) is 3.12. The molecule has 0 bridgehead atoms. The number of hydrogen-bond donors (Lipinski definition) is 1. The summed E-state index contributed by atoms with van der Waals surface area (Å²) >= 11 is 0. The van der Waals surface area contributed by atoms with Gasteiger partial charge in [-0.05, 0) is 50.5 Å². The monoisotopic (exact) mass is 341 g/mol. The van der Waals surface area contributed by atoms with Crippen molar-refractivity contribution in [3.05, 3.63) is 52.8 Å². The first-order chi connectivity index (χ1) is 11.9. The Bertz CT molecular complexity index is 760. The molecule has 25 heavy (non-hydrogen) atoms. The Kier molecular flexibility index (Phi) is 4.95. The summed E-state index contributed by atoms with van der Waals surface area (Å²) < 4.78 is 1.95. The molecule has 1 fully saturated rings. The fourth-order valence-corrected chi connectivity index (χ4v) is 3.74. The molecule has 0 unspecified atom stereocenters. The number of nitrogens with zero attached hydrogens (tertiary/aromatic N) is 3. The van der Waals surface area contributed by atoms with Crippen LogP contribution in [0.15, 0.2) is 30.3 Å². The highest BCUT2D eigenvalue weighted by atomic mass is 16.3. The van der Waals surface area contributed by atoms with E-state index in [4.69, 9.17) is 0 Å². The van der Waals surface area contributed by atoms with Crippen LogP contribution in [0.1, 0.15) is 53.0 Å². The first kappa shape index (κ1) is 17.7. The van der Waals surface area contributed by atoms with E-state index in [1.165, 1.54) is 0 Å². The van der Waals surface area contributed by atoms with Gasteiger partial charge in [0.05, 0.1) is 17.8 Å². The number of aliphatic hydroxyl groups is 1. The van der Waals surface area contributed by atoms with Crippen molar-refractivity contribution in [2.75, 3.05) is 13.6 Å². The number of benzene rings is 1. The second-order valence-corrected chi connectivity index (χ2v) is 7.38. The quantitative estimate of drug-likeness (QED) is 0.910. The average molecular weight is 341 g/mol. The van der Waals surface area contributed by atoms with E-state index in [1.54, 1.807) is 11.9 Å². The second kappa shape index (κ2) is 7.00. The molecule has 5 nitrogen and oxygen atoms in total. The van der Waals surface area contributed by atoms with Crippen molar-refractivity contribution in [1.82, 2.24) is 14.7 Å². The minimum atomic E-state index is -0.717. The fourth-order valence-electron chi connectivity index (χ4n) is 3.74. The fraction of sp³-hybridized carbons (Fsp3) is 0.500. The van der Waals surface area contributed by atoms with Crippen molar-refractivity contribution in [2.45, 2.75) is 51.7 Å². The summed E-state index contributed by atoms with van der Waals surface area (Å²) in [6.07, 6.45) is 3.64. The van der Waals surface area contributed by atoms with E-state index >= 15 is 0 Å². The third kappa shape index (κ3) is 4.10. The number of carbonyl (C=O) groups is 1. The molecule has 1 aliphatic carbocycles. The predicted octanol–water partition coefficient (Wildman–Crippen LogP) is 2.93. The van der Waals surface area contributed by atoms with Crippen LogP contribution in [0.25, 0.3) is 0 Å². The number of aromatic nitrogens is 2. The number of likely N-dealkylation sites (N-methyl/N-ethyl adjacent to an activating group) is 1. The van der Waals surface area contributed by atoms with Gasteiger partial charge in [-0.3, -0.25) is 9.48 Å². The standard InChI is InChI=1S/C20H27N3O2/c1-15-11-16(2)23(21-15)13-17-7-6-8-18(12-17)19(24)22(3)14-20(25)9-4-5-10-20/h6-8,11-12,25H,4-5,9-10,13-14H2,1-3H3. The van der Waals surface area contributed by atoms with E-state index in [-0.39, 0.29) is 5.91 Å². The summed E-state index contributed by atoms with van der Waals surface area (Å²) in [4.78, 5) is 14.4. The van der Waals surface area contributed by atoms with E-state index < -0.39 is 5.60 Å². The molecule has 1 aromatic carbocycles. The minimum absolute atomic E-state index is 0.0458. The van der Waals surface area contributed by atoms with Crippen LogP contribution in [0.2, 0.25) is 0 Å². The van der Waals surface area contributed by atoms with Crippen molar-refractivity contribution in [3.8, 4) is 0 Å². The van der Waals surface area contributed by atoms with Gasteiger partial charge in [0.25, 0.3) is 5.91 Å². The molecule has 1 aliphatic rings. The molecule has 0 spiro atoms. The highest BCUT2D eigenvalue weighted by molar-refractivity contribution is 5.94. The van der Waals surface area contributed by atoms with Gasteiger partial charge in [0.15, 0.2) is 0 Å². The van der Waals surface area contributed by atoms with Crippen molar-refractivity contribution < 1.29 is 9.90 Å². The smallest absolute Gasteiger partial charge is 0.253 e. The van der Waals surface area contributed by atoms with Crippen molar-refractivity contribution >= 4 is 5.91 Å². The van der Waals surface area contributed by atoms with E-state index in [0.717, 1.165) is 42.6 Å². The molecule has 0 atom stereocenters. The zero-order chi connectivity index (χ0) is 18.0. The maximum atomic E-state index is 12.7. The number of carbonyl (C=O) groups excluding carboxylic acids is 1. The third-order valence-corrected chi connectivity index (χ3v) is 5.02. The number of aryl methyl sites for hydroxylation is 2. The Morgan fingerprint density at radius 2 is 2.00 bits per heavy atom. The maximum absolute atomic E-state index is 12.7. The van der Waals surface area contributed by atoms with Crippen molar-refractivity contribution in [3.63, 3.8) is 0 Å². The molecule has 1 saturated carbocycles. The molecule has 3 rings (SSSR count). The molecule has 1 aromatic heterocycles. The molecule has 0 radical (unpaired) electrons. The molecule has 134 valence electrons. The highest BCUT2D eigenvalue weighted by Gasteiger charge is 2.33. The topological polar surface area (TPSA) is 58.4 Å². The van der Waals surface area contributed by atoms with E-state index in [9.17, 15) is 9.90 Å². The largest absolute Gasteiger partial charge is 0.388 e. The zero-order valence-electron chi connectivity index (χ0n) is 15.3. The SMILES string of the molecule is Cc1cc(C)n(Cc2cccc(C(=O)N(C)CC3(O)CCCC3)c2)n1. The van der Waals surface area contributed by atoms with Gasteiger partial charge in [0.2, 0.25) is 0 Å². The summed E-state index contributed by atoms with van der Waals surface area (Å²) in [6.45, 7) is 5.05. The highest BCUT2D eigenvalue weighted by Crippen LogP contribution is 2.30. The second-order valence-electron chi connectivity index (χ2n) is 7.38. The van der Waals surface area contributed by atoms with Crippen LogP contribution in [0, 0.1) is 13.8 Å². The summed E-state index contributed by atoms with van der Waals surface area (Å²) in [5.41, 5.74) is 3.09. The molecule has 1 heterocycles. The van der Waals surface area contributed by atoms with Gasteiger partial charge in [-0.25, -0.2) is 0 Å². The van der Waals surface area contributed by atoms with E-state index in [1.807, 2.05) is 48.9 Å². The van der Waals surface area contributed by atoms with Crippen LogP contribution in [0.3, 0.4) is 0 Å². The first-order valence-corrected chi connectivity index (χ1v) is 8.94. The van der Waals surface area contributed by atoms with Gasteiger partial charge in [-0.2, -0.15) is 5.10 Å². The van der Waals surface area contributed by atoms with Gasteiger partial charge in [-0.15, -0.1) is 0 Å². The Morgan fingerprint density at radius 1 is 1.28 bits per heavy atom.